The molecule has 1 aromatic carbocycles. The van der Waals surface area contributed by atoms with E-state index in [9.17, 15) is 14.0 Å². The number of hydrogen-bond acceptors (Lipinski definition) is 3. The number of likely N-dealkylation sites (tertiary alicyclic amines) is 1. The van der Waals surface area contributed by atoms with Crippen molar-refractivity contribution in [1.82, 2.24) is 9.80 Å². The van der Waals surface area contributed by atoms with Crippen LogP contribution in [0.1, 0.15) is 20.3 Å². The highest BCUT2D eigenvalue weighted by atomic mass is 35.5. The molecule has 0 aliphatic carbocycles. The Balaban J connectivity index is 1.58. The second kappa shape index (κ2) is 7.20. The van der Waals surface area contributed by atoms with Crippen molar-refractivity contribution in [2.75, 3.05) is 37.6 Å². The second-order valence-corrected chi connectivity index (χ2v) is 7.36. The van der Waals surface area contributed by atoms with Gasteiger partial charge in [0.2, 0.25) is 11.8 Å². The Kier molecular flexibility index (Phi) is 5.18. The Bertz CT molecular complexity index is 674. The molecule has 0 spiro atoms. The Labute approximate surface area is 152 Å². The lowest BCUT2D eigenvalue weighted by atomic mass is 10.1. The smallest absolute Gasteiger partial charge is 0.228 e. The summed E-state index contributed by atoms with van der Waals surface area (Å²) in [6.07, 6.45) is 0.310. The highest BCUT2D eigenvalue weighted by molar-refractivity contribution is 6.31. The molecule has 0 saturated carbocycles. The zero-order valence-corrected chi connectivity index (χ0v) is 15.3. The summed E-state index contributed by atoms with van der Waals surface area (Å²) in [6.45, 7) is 6.99. The van der Waals surface area contributed by atoms with E-state index in [-0.39, 0.29) is 28.8 Å². The predicted molar refractivity (Wildman–Crippen MR) is 95.2 cm³/mol. The topological polar surface area (TPSA) is 43.9 Å². The Morgan fingerprint density at radius 3 is 2.48 bits per heavy atom. The van der Waals surface area contributed by atoms with Gasteiger partial charge in [0.05, 0.1) is 10.9 Å². The normalized spacial score (nSPS) is 21.4. The van der Waals surface area contributed by atoms with E-state index < -0.39 is 5.82 Å². The number of piperazine rings is 1. The van der Waals surface area contributed by atoms with Crippen molar-refractivity contribution in [1.29, 1.82) is 0 Å². The minimum Gasteiger partial charge on any atom is -0.368 e. The first kappa shape index (κ1) is 18.0. The summed E-state index contributed by atoms with van der Waals surface area (Å²) in [4.78, 5) is 30.4. The van der Waals surface area contributed by atoms with Gasteiger partial charge in [-0.2, -0.15) is 0 Å². The van der Waals surface area contributed by atoms with Crippen LogP contribution in [0.15, 0.2) is 18.2 Å². The number of amides is 2. The van der Waals surface area contributed by atoms with Gasteiger partial charge in [-0.15, -0.1) is 0 Å². The van der Waals surface area contributed by atoms with Gasteiger partial charge >= 0.3 is 0 Å². The van der Waals surface area contributed by atoms with Crippen LogP contribution in [0.2, 0.25) is 5.02 Å². The van der Waals surface area contributed by atoms with Crippen molar-refractivity contribution < 1.29 is 14.0 Å². The third-order valence-corrected chi connectivity index (χ3v) is 5.28. The maximum Gasteiger partial charge on any atom is 0.228 e. The molecule has 1 aromatic rings. The molecule has 2 aliphatic heterocycles. The standard InChI is InChI=1S/C18H23ClFN3O2/c1-12(2)23-11-13(9-17(23)24)18(25)22-7-5-21(6-8-22)14-3-4-16(20)15(19)10-14/h3-4,10,12-13H,5-9,11H2,1-2H3/t13-/m1/s1. The molecule has 0 aromatic heterocycles. The quantitative estimate of drug-likeness (QED) is 0.824. The predicted octanol–water partition coefficient (Wildman–Crippen LogP) is 2.38. The van der Waals surface area contributed by atoms with Crippen LogP contribution < -0.4 is 4.90 Å². The second-order valence-electron chi connectivity index (χ2n) is 6.95. The van der Waals surface area contributed by atoms with Crippen LogP contribution >= 0.6 is 11.6 Å². The average Bonchev–Trinajstić information content (AvgIpc) is 2.99. The number of rotatable bonds is 3. The monoisotopic (exact) mass is 367 g/mol. The molecule has 2 heterocycles. The third-order valence-electron chi connectivity index (χ3n) is 4.99. The van der Waals surface area contributed by atoms with Crippen LogP contribution in [-0.4, -0.2) is 60.4 Å². The molecular formula is C18H23ClFN3O2. The summed E-state index contributed by atoms with van der Waals surface area (Å²) < 4.78 is 13.3. The van der Waals surface area contributed by atoms with Gasteiger partial charge in [-0.3, -0.25) is 9.59 Å². The van der Waals surface area contributed by atoms with Crippen LogP contribution in [-0.2, 0) is 9.59 Å². The summed E-state index contributed by atoms with van der Waals surface area (Å²) in [5.41, 5.74) is 0.862. The third kappa shape index (κ3) is 3.73. The highest BCUT2D eigenvalue weighted by Crippen LogP contribution is 2.25. The number of carbonyl (C=O) groups is 2. The molecule has 2 amide bonds. The van der Waals surface area contributed by atoms with Crippen molar-refractivity contribution in [2.45, 2.75) is 26.3 Å². The fourth-order valence-electron chi connectivity index (χ4n) is 3.52. The van der Waals surface area contributed by atoms with E-state index >= 15 is 0 Å². The Hall–Kier alpha value is -1.82. The summed E-state index contributed by atoms with van der Waals surface area (Å²) >= 11 is 5.85. The number of halogens is 2. The number of hydrogen-bond donors (Lipinski definition) is 0. The van der Waals surface area contributed by atoms with Gasteiger partial charge in [-0.05, 0) is 32.0 Å². The van der Waals surface area contributed by atoms with E-state index in [1.807, 2.05) is 18.7 Å². The molecule has 0 radical (unpaired) electrons. The minimum atomic E-state index is -0.431. The molecule has 2 aliphatic rings. The van der Waals surface area contributed by atoms with Crippen molar-refractivity contribution in [3.63, 3.8) is 0 Å². The van der Waals surface area contributed by atoms with Crippen LogP contribution in [0.5, 0.6) is 0 Å². The summed E-state index contributed by atoms with van der Waals surface area (Å²) in [5.74, 6) is -0.539. The molecular weight excluding hydrogens is 345 g/mol. The number of anilines is 1. The molecule has 1 atom stereocenters. The van der Waals surface area contributed by atoms with Crippen LogP contribution in [0.25, 0.3) is 0 Å². The largest absolute Gasteiger partial charge is 0.368 e. The molecule has 7 heteroatoms. The highest BCUT2D eigenvalue weighted by Gasteiger charge is 2.38. The van der Waals surface area contributed by atoms with Gasteiger partial charge in [0, 0.05) is 50.9 Å². The Morgan fingerprint density at radius 2 is 1.92 bits per heavy atom. The van der Waals surface area contributed by atoms with Crippen LogP contribution in [0.3, 0.4) is 0 Å². The van der Waals surface area contributed by atoms with Gasteiger partial charge < -0.3 is 14.7 Å². The lowest BCUT2D eigenvalue weighted by Crippen LogP contribution is -2.50. The number of carbonyl (C=O) groups excluding carboxylic acids is 2. The molecule has 25 heavy (non-hydrogen) atoms. The van der Waals surface area contributed by atoms with Gasteiger partial charge in [-0.1, -0.05) is 11.6 Å². The van der Waals surface area contributed by atoms with Crippen molar-refractivity contribution in [2.24, 2.45) is 5.92 Å². The van der Waals surface area contributed by atoms with Crippen LogP contribution in [0, 0.1) is 11.7 Å². The SMILES string of the molecule is CC(C)N1C[C@H](C(=O)N2CCN(c3ccc(F)c(Cl)c3)CC2)CC1=O. The van der Waals surface area contributed by atoms with Gasteiger partial charge in [0.25, 0.3) is 0 Å². The summed E-state index contributed by atoms with van der Waals surface area (Å²) in [7, 11) is 0. The maximum atomic E-state index is 13.3. The zero-order valence-electron chi connectivity index (χ0n) is 14.5. The minimum absolute atomic E-state index is 0.0629. The average molecular weight is 368 g/mol. The molecule has 0 bridgehead atoms. The van der Waals surface area contributed by atoms with Crippen molar-refractivity contribution >= 4 is 29.1 Å². The van der Waals surface area contributed by atoms with E-state index in [2.05, 4.69) is 4.90 Å². The maximum absolute atomic E-state index is 13.3. The van der Waals surface area contributed by atoms with E-state index in [1.54, 1.807) is 17.0 Å². The first-order valence-corrected chi connectivity index (χ1v) is 9.03. The number of benzene rings is 1. The molecule has 136 valence electrons. The lowest BCUT2D eigenvalue weighted by Gasteiger charge is -2.37. The zero-order chi connectivity index (χ0) is 18.1. The fraction of sp³-hybridized carbons (Fsp3) is 0.556. The van der Waals surface area contributed by atoms with Crippen molar-refractivity contribution in [3.8, 4) is 0 Å². The van der Waals surface area contributed by atoms with E-state index in [0.717, 1.165) is 5.69 Å². The fourth-order valence-corrected chi connectivity index (χ4v) is 3.70. The summed E-state index contributed by atoms with van der Waals surface area (Å²) in [5, 5.41) is 0.106. The Morgan fingerprint density at radius 1 is 1.24 bits per heavy atom. The van der Waals surface area contributed by atoms with E-state index in [1.165, 1.54) is 6.07 Å². The first-order valence-electron chi connectivity index (χ1n) is 8.65. The molecule has 2 fully saturated rings. The van der Waals surface area contributed by atoms with Crippen LogP contribution in [0.4, 0.5) is 10.1 Å². The van der Waals surface area contributed by atoms with E-state index in [4.69, 9.17) is 11.6 Å². The van der Waals surface area contributed by atoms with Gasteiger partial charge in [-0.25, -0.2) is 4.39 Å². The number of nitrogens with zero attached hydrogens (tertiary/aromatic N) is 3. The molecule has 0 unspecified atom stereocenters. The van der Waals surface area contributed by atoms with Gasteiger partial charge in [0.1, 0.15) is 5.82 Å². The summed E-state index contributed by atoms with van der Waals surface area (Å²) in [6, 6.07) is 4.81. The molecule has 5 nitrogen and oxygen atoms in total. The van der Waals surface area contributed by atoms with Gasteiger partial charge in [0.15, 0.2) is 0 Å². The first-order chi connectivity index (χ1) is 11.9. The van der Waals surface area contributed by atoms with E-state index in [0.29, 0.717) is 39.1 Å². The van der Waals surface area contributed by atoms with Crippen molar-refractivity contribution in [3.05, 3.63) is 29.0 Å². The lowest BCUT2D eigenvalue weighted by molar-refractivity contribution is -0.136. The molecule has 2 saturated heterocycles. The molecule has 0 N–H and O–H groups in total. The molecule has 3 rings (SSSR count).